The maximum atomic E-state index is 13.2. The number of rotatable bonds is 8. The summed E-state index contributed by atoms with van der Waals surface area (Å²) < 4.78 is 12.0. The zero-order valence-corrected chi connectivity index (χ0v) is 22.2. The SMILES string of the molecule is NC(=O)COc1c(Br)cc(/C=C2\C(=O)NC(=O)N(c3ccc(OCc4ccccc4)cc3)C2=O)cc1Br. The molecule has 1 aliphatic rings. The van der Waals surface area contributed by atoms with Crippen LogP contribution >= 0.6 is 31.9 Å². The molecule has 3 aromatic carbocycles. The Labute approximate surface area is 228 Å². The molecule has 0 aliphatic carbocycles. The second kappa shape index (κ2) is 11.4. The number of carbonyl (C=O) groups excluding carboxylic acids is 4. The van der Waals surface area contributed by atoms with Gasteiger partial charge in [-0.05, 0) is 85.5 Å². The average molecular weight is 629 g/mol. The highest BCUT2D eigenvalue weighted by Crippen LogP contribution is 2.36. The van der Waals surface area contributed by atoms with E-state index >= 15 is 0 Å². The molecule has 1 fully saturated rings. The molecule has 188 valence electrons. The number of anilines is 1. The highest BCUT2D eigenvalue weighted by atomic mass is 79.9. The Morgan fingerprint density at radius 1 is 0.946 bits per heavy atom. The second-order valence-corrected chi connectivity index (χ2v) is 9.50. The smallest absolute Gasteiger partial charge is 0.335 e. The molecule has 3 N–H and O–H groups in total. The van der Waals surface area contributed by atoms with Gasteiger partial charge in [-0.1, -0.05) is 30.3 Å². The van der Waals surface area contributed by atoms with E-state index in [2.05, 4.69) is 37.2 Å². The number of urea groups is 1. The Hall–Kier alpha value is -3.96. The van der Waals surface area contributed by atoms with Crippen molar-refractivity contribution >= 4 is 67.4 Å². The van der Waals surface area contributed by atoms with Crippen molar-refractivity contribution < 1.29 is 28.7 Å². The number of carbonyl (C=O) groups is 4. The standard InChI is InChI=1S/C26H19Br2N3O6/c27-20-11-16(12-21(28)23(20)37-14-22(29)32)10-19-24(33)30-26(35)31(25(19)34)17-6-8-18(9-7-17)36-13-15-4-2-1-3-5-15/h1-12H,13-14H2,(H2,29,32)(H,30,33,35)/b19-10+. The van der Waals surface area contributed by atoms with Crippen molar-refractivity contribution in [2.75, 3.05) is 11.5 Å². The van der Waals surface area contributed by atoms with Crippen molar-refractivity contribution in [3.63, 3.8) is 0 Å². The number of hydrogen-bond donors (Lipinski definition) is 2. The summed E-state index contributed by atoms with van der Waals surface area (Å²) in [7, 11) is 0. The van der Waals surface area contributed by atoms with Crippen LogP contribution in [0, 0.1) is 0 Å². The third-order valence-electron chi connectivity index (χ3n) is 5.14. The van der Waals surface area contributed by atoms with Crippen molar-refractivity contribution in [3.8, 4) is 11.5 Å². The molecule has 0 atom stereocenters. The highest BCUT2D eigenvalue weighted by Gasteiger charge is 2.36. The Morgan fingerprint density at radius 3 is 2.22 bits per heavy atom. The summed E-state index contributed by atoms with van der Waals surface area (Å²) in [6.07, 6.45) is 1.35. The van der Waals surface area contributed by atoms with E-state index in [0.29, 0.717) is 32.6 Å². The predicted octanol–water partition coefficient (Wildman–Crippen LogP) is 4.32. The first-order valence-electron chi connectivity index (χ1n) is 10.8. The average Bonchev–Trinajstić information content (AvgIpc) is 2.86. The van der Waals surface area contributed by atoms with Gasteiger partial charge in [0.2, 0.25) is 0 Å². The highest BCUT2D eigenvalue weighted by molar-refractivity contribution is 9.11. The van der Waals surface area contributed by atoms with Gasteiger partial charge in [-0.2, -0.15) is 0 Å². The number of ether oxygens (including phenoxy) is 2. The van der Waals surface area contributed by atoms with Crippen molar-refractivity contribution in [2.45, 2.75) is 6.61 Å². The lowest BCUT2D eigenvalue weighted by Gasteiger charge is -2.26. The summed E-state index contributed by atoms with van der Waals surface area (Å²) in [5.74, 6) is -1.37. The number of primary amides is 1. The van der Waals surface area contributed by atoms with Gasteiger partial charge in [0.1, 0.15) is 23.7 Å². The maximum Gasteiger partial charge on any atom is 0.335 e. The maximum absolute atomic E-state index is 13.2. The van der Waals surface area contributed by atoms with E-state index in [1.807, 2.05) is 30.3 Å². The van der Waals surface area contributed by atoms with Gasteiger partial charge in [-0.3, -0.25) is 19.7 Å². The van der Waals surface area contributed by atoms with Gasteiger partial charge < -0.3 is 15.2 Å². The first-order valence-corrected chi connectivity index (χ1v) is 12.4. The fraction of sp³-hybridized carbons (Fsp3) is 0.0769. The number of imide groups is 2. The third kappa shape index (κ3) is 6.25. The van der Waals surface area contributed by atoms with Crippen LogP contribution in [0.2, 0.25) is 0 Å². The minimum atomic E-state index is -0.859. The molecule has 0 bridgehead atoms. The number of amides is 5. The number of benzene rings is 3. The van der Waals surface area contributed by atoms with Crippen LogP contribution < -0.4 is 25.4 Å². The molecule has 37 heavy (non-hydrogen) atoms. The van der Waals surface area contributed by atoms with Gasteiger partial charge in [0.25, 0.3) is 17.7 Å². The molecule has 9 nitrogen and oxygen atoms in total. The molecular formula is C26H19Br2N3O6. The quantitative estimate of drug-likeness (QED) is 0.282. The van der Waals surface area contributed by atoms with Crippen molar-refractivity contribution in [1.82, 2.24) is 5.32 Å². The van der Waals surface area contributed by atoms with Gasteiger partial charge in [0.15, 0.2) is 6.61 Å². The predicted molar refractivity (Wildman–Crippen MR) is 143 cm³/mol. The summed E-state index contributed by atoms with van der Waals surface area (Å²) in [5, 5.41) is 2.19. The fourth-order valence-corrected chi connectivity index (χ4v) is 4.89. The summed E-state index contributed by atoms with van der Waals surface area (Å²) in [4.78, 5) is 50.2. The summed E-state index contributed by atoms with van der Waals surface area (Å²) in [6.45, 7) is 0.0356. The second-order valence-electron chi connectivity index (χ2n) is 7.79. The van der Waals surface area contributed by atoms with Crippen LogP contribution in [0.4, 0.5) is 10.5 Å². The van der Waals surface area contributed by atoms with Gasteiger partial charge in [-0.25, -0.2) is 9.69 Å². The molecule has 0 radical (unpaired) electrons. The molecule has 0 saturated carbocycles. The molecule has 0 aromatic heterocycles. The van der Waals surface area contributed by atoms with E-state index in [9.17, 15) is 19.2 Å². The largest absolute Gasteiger partial charge is 0.489 e. The van der Waals surface area contributed by atoms with Gasteiger partial charge in [0, 0.05) is 0 Å². The van der Waals surface area contributed by atoms with Crippen LogP contribution in [-0.4, -0.2) is 30.4 Å². The van der Waals surface area contributed by atoms with Crippen LogP contribution in [0.25, 0.3) is 6.08 Å². The molecular weight excluding hydrogens is 610 g/mol. The monoisotopic (exact) mass is 627 g/mol. The Bertz CT molecular complexity index is 1380. The van der Waals surface area contributed by atoms with E-state index in [0.717, 1.165) is 10.5 Å². The van der Waals surface area contributed by atoms with Crippen LogP contribution in [0.5, 0.6) is 11.5 Å². The minimum absolute atomic E-state index is 0.242. The lowest BCUT2D eigenvalue weighted by atomic mass is 10.1. The number of nitrogens with one attached hydrogen (secondary N) is 1. The normalized spacial score (nSPS) is 14.5. The van der Waals surface area contributed by atoms with Crippen LogP contribution in [0.3, 0.4) is 0 Å². The molecule has 5 amide bonds. The molecule has 0 spiro atoms. The fourth-order valence-electron chi connectivity index (χ4n) is 3.43. The molecule has 3 aromatic rings. The number of halogens is 2. The van der Waals surface area contributed by atoms with Crippen molar-refractivity contribution in [3.05, 3.63) is 92.4 Å². The molecule has 0 unspecified atom stereocenters. The van der Waals surface area contributed by atoms with Crippen LogP contribution in [0.1, 0.15) is 11.1 Å². The first kappa shape index (κ1) is 26.1. The number of barbiturate groups is 1. The minimum Gasteiger partial charge on any atom is -0.489 e. The molecule has 11 heteroatoms. The van der Waals surface area contributed by atoms with Gasteiger partial charge >= 0.3 is 6.03 Å². The van der Waals surface area contributed by atoms with Gasteiger partial charge in [0.05, 0.1) is 14.6 Å². The number of hydrogen-bond acceptors (Lipinski definition) is 6. The Kier molecular flexibility index (Phi) is 8.04. The lowest BCUT2D eigenvalue weighted by Crippen LogP contribution is -2.54. The molecule has 1 heterocycles. The van der Waals surface area contributed by atoms with Gasteiger partial charge in [-0.15, -0.1) is 0 Å². The van der Waals surface area contributed by atoms with E-state index in [4.69, 9.17) is 15.2 Å². The van der Waals surface area contributed by atoms with Crippen molar-refractivity contribution in [1.29, 1.82) is 0 Å². The number of nitrogens with zero attached hydrogens (tertiary/aromatic N) is 1. The zero-order chi connectivity index (χ0) is 26.5. The zero-order valence-electron chi connectivity index (χ0n) is 19.1. The Balaban J connectivity index is 1.54. The van der Waals surface area contributed by atoms with E-state index in [-0.39, 0.29) is 17.9 Å². The topological polar surface area (TPSA) is 128 Å². The third-order valence-corrected chi connectivity index (χ3v) is 6.31. The van der Waals surface area contributed by atoms with E-state index < -0.39 is 23.8 Å². The first-order chi connectivity index (χ1) is 17.7. The van der Waals surface area contributed by atoms with Crippen molar-refractivity contribution in [2.24, 2.45) is 5.73 Å². The molecule has 4 rings (SSSR count). The van der Waals surface area contributed by atoms with Crippen LogP contribution in [-0.2, 0) is 21.0 Å². The summed E-state index contributed by atoms with van der Waals surface area (Å²) in [6, 6.07) is 18.3. The Morgan fingerprint density at radius 2 is 1.59 bits per heavy atom. The molecule has 1 saturated heterocycles. The lowest BCUT2D eigenvalue weighted by molar-refractivity contribution is -0.123. The summed E-state index contributed by atoms with van der Waals surface area (Å²) in [5.41, 5.74) is 6.60. The summed E-state index contributed by atoms with van der Waals surface area (Å²) >= 11 is 6.67. The number of nitrogens with two attached hydrogens (primary N) is 1. The van der Waals surface area contributed by atoms with Crippen LogP contribution in [0.15, 0.2) is 81.2 Å². The van der Waals surface area contributed by atoms with E-state index in [1.165, 1.54) is 6.08 Å². The van der Waals surface area contributed by atoms with E-state index in [1.54, 1.807) is 36.4 Å². The molecule has 1 aliphatic heterocycles.